The van der Waals surface area contributed by atoms with Gasteiger partial charge in [0.15, 0.2) is 5.65 Å². The molecule has 0 amide bonds. The Morgan fingerprint density at radius 2 is 2.00 bits per heavy atom. The predicted molar refractivity (Wildman–Crippen MR) is 59.7 cm³/mol. The molecule has 0 bridgehead atoms. The first kappa shape index (κ1) is 9.89. The Labute approximate surface area is 88.5 Å². The van der Waals surface area contributed by atoms with Crippen molar-refractivity contribution in [2.24, 2.45) is 7.05 Å². The molecule has 0 aliphatic carbocycles. The van der Waals surface area contributed by atoms with Gasteiger partial charge in [0.25, 0.3) is 0 Å². The molecule has 0 aliphatic heterocycles. The fraction of sp³-hybridized carbons (Fsp3) is 0.500. The molecular formula is C10H15N5. The lowest BCUT2D eigenvalue weighted by Crippen LogP contribution is -2.26. The summed E-state index contributed by atoms with van der Waals surface area (Å²) < 4.78 is 1.74. The number of aryl methyl sites for hydroxylation is 1. The zero-order valence-corrected chi connectivity index (χ0v) is 9.44. The lowest BCUT2D eigenvalue weighted by atomic mass is 10.1. The summed E-state index contributed by atoms with van der Waals surface area (Å²) in [4.78, 5) is 8.41. The van der Waals surface area contributed by atoms with Gasteiger partial charge in [-0.05, 0) is 20.8 Å². The zero-order valence-electron chi connectivity index (χ0n) is 9.44. The minimum absolute atomic E-state index is 0.0167. The van der Waals surface area contributed by atoms with Crippen LogP contribution in [-0.4, -0.2) is 25.3 Å². The summed E-state index contributed by atoms with van der Waals surface area (Å²) in [7, 11) is 1.87. The van der Waals surface area contributed by atoms with Crippen LogP contribution < -0.4 is 5.32 Å². The quantitative estimate of drug-likeness (QED) is 0.767. The topological polar surface area (TPSA) is 55.6 Å². The van der Waals surface area contributed by atoms with Gasteiger partial charge in [-0.1, -0.05) is 0 Å². The van der Waals surface area contributed by atoms with Gasteiger partial charge in [0.05, 0.1) is 11.6 Å². The molecule has 0 spiro atoms. The van der Waals surface area contributed by atoms with Crippen LogP contribution in [0.2, 0.25) is 0 Å². The summed E-state index contributed by atoms with van der Waals surface area (Å²) in [5, 5.41) is 8.45. The number of anilines is 1. The van der Waals surface area contributed by atoms with Crippen LogP contribution >= 0.6 is 0 Å². The van der Waals surface area contributed by atoms with E-state index >= 15 is 0 Å². The van der Waals surface area contributed by atoms with Gasteiger partial charge < -0.3 is 5.32 Å². The molecule has 0 aromatic carbocycles. The van der Waals surface area contributed by atoms with E-state index in [-0.39, 0.29) is 5.54 Å². The van der Waals surface area contributed by atoms with Crippen molar-refractivity contribution >= 4 is 16.9 Å². The maximum atomic E-state index is 4.23. The summed E-state index contributed by atoms with van der Waals surface area (Å²) in [5.74, 6) is 0.834. The lowest BCUT2D eigenvalue weighted by molar-refractivity contribution is 0.631. The summed E-state index contributed by atoms with van der Waals surface area (Å²) in [6.45, 7) is 6.28. The summed E-state index contributed by atoms with van der Waals surface area (Å²) in [6.07, 6.45) is 3.33. The first-order chi connectivity index (χ1) is 6.97. The fourth-order valence-corrected chi connectivity index (χ4v) is 1.42. The second-order valence-electron chi connectivity index (χ2n) is 4.60. The van der Waals surface area contributed by atoms with Crippen LogP contribution in [-0.2, 0) is 7.05 Å². The Morgan fingerprint density at radius 1 is 1.27 bits per heavy atom. The normalized spacial score (nSPS) is 12.0. The summed E-state index contributed by atoms with van der Waals surface area (Å²) in [6, 6.07) is 0. The van der Waals surface area contributed by atoms with Crippen molar-refractivity contribution in [3.8, 4) is 0 Å². The van der Waals surface area contributed by atoms with Crippen molar-refractivity contribution in [1.29, 1.82) is 0 Å². The Kier molecular flexibility index (Phi) is 2.10. The van der Waals surface area contributed by atoms with Crippen molar-refractivity contribution in [3.05, 3.63) is 12.5 Å². The fourth-order valence-electron chi connectivity index (χ4n) is 1.42. The number of aromatic nitrogens is 4. The molecule has 2 heterocycles. The van der Waals surface area contributed by atoms with Crippen LogP contribution in [0, 0.1) is 0 Å². The van der Waals surface area contributed by atoms with Gasteiger partial charge in [0, 0.05) is 12.6 Å². The number of nitrogens with one attached hydrogen (secondary N) is 1. The van der Waals surface area contributed by atoms with Gasteiger partial charge in [0.2, 0.25) is 0 Å². The SMILES string of the molecule is Cn1ncc2c(NC(C)(C)C)ncnc21. The third kappa shape index (κ3) is 1.91. The molecule has 15 heavy (non-hydrogen) atoms. The molecule has 5 nitrogen and oxygen atoms in total. The van der Waals surface area contributed by atoms with E-state index in [1.807, 2.05) is 7.05 Å². The zero-order chi connectivity index (χ0) is 11.1. The van der Waals surface area contributed by atoms with E-state index in [1.165, 1.54) is 0 Å². The van der Waals surface area contributed by atoms with Crippen LogP contribution in [0.25, 0.3) is 11.0 Å². The third-order valence-corrected chi connectivity index (χ3v) is 2.02. The van der Waals surface area contributed by atoms with Gasteiger partial charge in [-0.3, -0.25) is 4.68 Å². The van der Waals surface area contributed by atoms with Crippen LogP contribution in [0.3, 0.4) is 0 Å². The first-order valence-electron chi connectivity index (χ1n) is 4.88. The molecule has 5 heteroatoms. The molecule has 0 atom stereocenters. The highest BCUT2D eigenvalue weighted by molar-refractivity contribution is 5.86. The Bertz CT molecular complexity index is 480. The molecule has 0 radical (unpaired) electrons. The van der Waals surface area contributed by atoms with Crippen molar-refractivity contribution < 1.29 is 0 Å². The van der Waals surface area contributed by atoms with Gasteiger partial charge in [-0.25, -0.2) is 9.97 Å². The van der Waals surface area contributed by atoms with Crippen LogP contribution in [0.1, 0.15) is 20.8 Å². The van der Waals surface area contributed by atoms with E-state index in [0.717, 1.165) is 16.9 Å². The van der Waals surface area contributed by atoms with Crippen LogP contribution in [0.5, 0.6) is 0 Å². The number of fused-ring (bicyclic) bond motifs is 1. The molecule has 1 N–H and O–H groups in total. The molecule has 0 aliphatic rings. The maximum absolute atomic E-state index is 4.23. The summed E-state index contributed by atoms with van der Waals surface area (Å²) in [5.41, 5.74) is 0.827. The van der Waals surface area contributed by atoms with E-state index < -0.39 is 0 Å². The Hall–Kier alpha value is -1.65. The van der Waals surface area contributed by atoms with Gasteiger partial charge in [0.1, 0.15) is 12.1 Å². The number of hydrogen-bond acceptors (Lipinski definition) is 4. The predicted octanol–water partition coefficient (Wildman–Crippen LogP) is 1.57. The minimum atomic E-state index is -0.0167. The van der Waals surface area contributed by atoms with E-state index in [1.54, 1.807) is 17.2 Å². The third-order valence-electron chi connectivity index (χ3n) is 2.02. The molecule has 0 unspecified atom stereocenters. The van der Waals surface area contributed by atoms with Gasteiger partial charge >= 0.3 is 0 Å². The molecule has 80 valence electrons. The summed E-state index contributed by atoms with van der Waals surface area (Å²) >= 11 is 0. The van der Waals surface area contributed by atoms with Crippen LogP contribution in [0.15, 0.2) is 12.5 Å². The highest BCUT2D eigenvalue weighted by atomic mass is 15.3. The average Bonchev–Trinajstić information content (AvgIpc) is 2.47. The van der Waals surface area contributed by atoms with Crippen molar-refractivity contribution in [2.75, 3.05) is 5.32 Å². The largest absolute Gasteiger partial charge is 0.365 e. The first-order valence-corrected chi connectivity index (χ1v) is 4.88. The maximum Gasteiger partial charge on any atom is 0.163 e. The number of rotatable bonds is 1. The van der Waals surface area contributed by atoms with Crippen molar-refractivity contribution in [1.82, 2.24) is 19.7 Å². The molecule has 2 aromatic rings. The molecule has 0 saturated carbocycles. The highest BCUT2D eigenvalue weighted by Gasteiger charge is 2.14. The van der Waals surface area contributed by atoms with Crippen LogP contribution in [0.4, 0.5) is 5.82 Å². The minimum Gasteiger partial charge on any atom is -0.365 e. The second kappa shape index (κ2) is 3.18. The van der Waals surface area contributed by atoms with Crippen molar-refractivity contribution in [3.63, 3.8) is 0 Å². The van der Waals surface area contributed by atoms with Gasteiger partial charge in [-0.15, -0.1) is 0 Å². The van der Waals surface area contributed by atoms with E-state index in [9.17, 15) is 0 Å². The van der Waals surface area contributed by atoms with E-state index in [2.05, 4.69) is 41.2 Å². The Morgan fingerprint density at radius 3 is 2.67 bits per heavy atom. The molecule has 0 saturated heterocycles. The van der Waals surface area contributed by atoms with Crippen molar-refractivity contribution in [2.45, 2.75) is 26.3 Å². The second-order valence-corrected chi connectivity index (χ2v) is 4.60. The van der Waals surface area contributed by atoms with Gasteiger partial charge in [-0.2, -0.15) is 5.10 Å². The van der Waals surface area contributed by atoms with E-state index in [4.69, 9.17) is 0 Å². The molecule has 2 rings (SSSR count). The smallest absolute Gasteiger partial charge is 0.163 e. The average molecular weight is 205 g/mol. The Balaban J connectivity index is 2.52. The monoisotopic (exact) mass is 205 g/mol. The lowest BCUT2D eigenvalue weighted by Gasteiger charge is -2.21. The highest BCUT2D eigenvalue weighted by Crippen LogP contribution is 2.20. The number of nitrogens with zero attached hydrogens (tertiary/aromatic N) is 4. The van der Waals surface area contributed by atoms with E-state index in [0.29, 0.717) is 0 Å². The molecule has 2 aromatic heterocycles. The molecule has 0 fully saturated rings. The molecular weight excluding hydrogens is 190 g/mol. The standard InChI is InChI=1S/C10H15N5/c1-10(2,3)14-8-7-5-13-15(4)9(7)12-6-11-8/h5-6H,1-4H3,(H,11,12,14). The number of hydrogen-bond donors (Lipinski definition) is 1.